The summed E-state index contributed by atoms with van der Waals surface area (Å²) in [5.74, 6) is 7.58. The minimum absolute atomic E-state index is 0.345. The van der Waals surface area contributed by atoms with Crippen molar-refractivity contribution in [2.75, 3.05) is 13.2 Å². The summed E-state index contributed by atoms with van der Waals surface area (Å²) in [6, 6.07) is 0. The third-order valence-electron chi connectivity index (χ3n) is 4.68. The zero-order valence-electron chi connectivity index (χ0n) is 12.4. The lowest BCUT2D eigenvalue weighted by atomic mass is 9.83. The summed E-state index contributed by atoms with van der Waals surface area (Å²) in [7, 11) is 0. The lowest BCUT2D eigenvalue weighted by molar-refractivity contribution is 0.179. The Morgan fingerprint density at radius 3 is 1.15 bits per heavy atom. The molecule has 0 amide bonds. The Morgan fingerprint density at radius 1 is 0.650 bits per heavy atom. The van der Waals surface area contributed by atoms with Crippen molar-refractivity contribution < 1.29 is 10.2 Å². The van der Waals surface area contributed by atoms with Crippen molar-refractivity contribution in [3.05, 3.63) is 0 Å². The summed E-state index contributed by atoms with van der Waals surface area (Å²) in [5, 5.41) is 17.6. The summed E-state index contributed by atoms with van der Waals surface area (Å²) in [6.45, 7) is 0.689. The maximum absolute atomic E-state index is 8.80. The van der Waals surface area contributed by atoms with Gasteiger partial charge >= 0.3 is 0 Å². The van der Waals surface area contributed by atoms with Gasteiger partial charge in [0.2, 0.25) is 0 Å². The smallest absolute Gasteiger partial charge is 0.0459 e. The molecule has 0 radical (unpaired) electrons. The minimum Gasteiger partial charge on any atom is -0.396 e. The fourth-order valence-corrected chi connectivity index (χ4v) is 3.02. The van der Waals surface area contributed by atoms with Crippen LogP contribution >= 0.6 is 0 Å². The number of hydrogen-bond donors (Lipinski definition) is 2. The van der Waals surface area contributed by atoms with E-state index in [1.807, 2.05) is 0 Å². The fraction of sp³-hybridized carbons (Fsp3) is 0.778. The highest BCUT2D eigenvalue weighted by Gasteiger charge is 2.19. The van der Waals surface area contributed by atoms with E-state index in [0.29, 0.717) is 36.9 Å². The molecule has 2 heteroatoms. The summed E-state index contributed by atoms with van der Waals surface area (Å²) in [6.07, 6.45) is 19.5. The van der Waals surface area contributed by atoms with E-state index in [-0.39, 0.29) is 0 Å². The molecule has 2 nitrogen and oxygen atoms in total. The number of terminal acetylenes is 2. The van der Waals surface area contributed by atoms with Crippen LogP contribution in [0, 0.1) is 48.4 Å². The Balaban J connectivity index is 0.000000200. The molecule has 2 rings (SSSR count). The van der Waals surface area contributed by atoms with Gasteiger partial charge in [0, 0.05) is 25.0 Å². The predicted octanol–water partition coefficient (Wildman–Crippen LogP) is 2.84. The van der Waals surface area contributed by atoms with E-state index in [1.54, 1.807) is 0 Å². The van der Waals surface area contributed by atoms with Crippen molar-refractivity contribution in [3.63, 3.8) is 0 Å². The number of aliphatic hydroxyl groups excluding tert-OH is 2. The van der Waals surface area contributed by atoms with Crippen LogP contribution < -0.4 is 0 Å². The quantitative estimate of drug-likeness (QED) is 0.761. The molecular weight excluding hydrogens is 248 g/mol. The average Bonchev–Trinajstić information content (AvgIpc) is 2.55. The van der Waals surface area contributed by atoms with Crippen LogP contribution in [0.2, 0.25) is 0 Å². The molecule has 0 heterocycles. The van der Waals surface area contributed by atoms with Crippen LogP contribution in [0.3, 0.4) is 0 Å². The van der Waals surface area contributed by atoms with Gasteiger partial charge in [-0.25, -0.2) is 0 Å². The molecule has 2 aliphatic carbocycles. The third-order valence-corrected chi connectivity index (χ3v) is 4.68. The molecule has 20 heavy (non-hydrogen) atoms. The zero-order chi connectivity index (χ0) is 14.8. The van der Waals surface area contributed by atoms with E-state index in [4.69, 9.17) is 23.1 Å². The first-order valence-electron chi connectivity index (χ1n) is 7.87. The summed E-state index contributed by atoms with van der Waals surface area (Å²) in [5.41, 5.74) is 0. The Labute approximate surface area is 124 Å². The van der Waals surface area contributed by atoms with Gasteiger partial charge in [0.15, 0.2) is 0 Å². The SMILES string of the molecule is C#CC1CCC(CO)CC1.C#CC1CCC(CO)CC1. The van der Waals surface area contributed by atoms with Gasteiger partial charge in [-0.15, -0.1) is 24.7 Å². The molecule has 0 aromatic rings. The van der Waals surface area contributed by atoms with E-state index in [1.165, 1.54) is 0 Å². The van der Waals surface area contributed by atoms with E-state index in [0.717, 1.165) is 51.4 Å². The Hall–Kier alpha value is -0.960. The van der Waals surface area contributed by atoms with Crippen molar-refractivity contribution in [2.24, 2.45) is 23.7 Å². The van der Waals surface area contributed by atoms with Gasteiger partial charge < -0.3 is 10.2 Å². The minimum atomic E-state index is 0.345. The monoisotopic (exact) mass is 276 g/mol. The Morgan fingerprint density at radius 2 is 0.950 bits per heavy atom. The van der Waals surface area contributed by atoms with Crippen LogP contribution in [0.15, 0.2) is 0 Å². The second-order valence-corrected chi connectivity index (χ2v) is 6.13. The normalized spacial score (nSPS) is 33.2. The van der Waals surface area contributed by atoms with Crippen molar-refractivity contribution in [3.8, 4) is 24.7 Å². The van der Waals surface area contributed by atoms with Gasteiger partial charge in [0.25, 0.3) is 0 Å². The zero-order valence-corrected chi connectivity index (χ0v) is 12.4. The molecule has 0 aromatic heterocycles. The first-order chi connectivity index (χ1) is 9.73. The predicted molar refractivity (Wildman–Crippen MR) is 82.7 cm³/mol. The Bertz CT molecular complexity index is 286. The van der Waals surface area contributed by atoms with Gasteiger partial charge in [-0.05, 0) is 63.2 Å². The number of hydrogen-bond acceptors (Lipinski definition) is 2. The largest absolute Gasteiger partial charge is 0.396 e. The maximum atomic E-state index is 8.80. The van der Waals surface area contributed by atoms with Crippen molar-refractivity contribution in [1.29, 1.82) is 0 Å². The van der Waals surface area contributed by atoms with Gasteiger partial charge in [-0.2, -0.15) is 0 Å². The van der Waals surface area contributed by atoms with Crippen molar-refractivity contribution >= 4 is 0 Å². The van der Waals surface area contributed by atoms with Crippen LogP contribution in [0.4, 0.5) is 0 Å². The summed E-state index contributed by atoms with van der Waals surface area (Å²) < 4.78 is 0. The second kappa shape index (κ2) is 9.87. The molecule has 0 saturated heterocycles. The Kier molecular flexibility index (Phi) is 8.43. The standard InChI is InChI=1S/2C9H14O/c2*1-2-8-3-5-9(7-10)6-4-8/h2*1,8-10H,3-7H2. The third kappa shape index (κ3) is 6.00. The van der Waals surface area contributed by atoms with Crippen LogP contribution in [0.1, 0.15) is 51.4 Å². The van der Waals surface area contributed by atoms with E-state index in [9.17, 15) is 0 Å². The molecule has 0 bridgehead atoms. The van der Waals surface area contributed by atoms with Gasteiger partial charge in [0.05, 0.1) is 0 Å². The summed E-state index contributed by atoms with van der Waals surface area (Å²) in [4.78, 5) is 0. The molecule has 2 N–H and O–H groups in total. The fourth-order valence-electron chi connectivity index (χ4n) is 3.02. The van der Waals surface area contributed by atoms with Crippen LogP contribution in [-0.4, -0.2) is 23.4 Å². The van der Waals surface area contributed by atoms with E-state index < -0.39 is 0 Å². The highest BCUT2D eigenvalue weighted by Crippen LogP contribution is 2.28. The molecule has 0 atom stereocenters. The second-order valence-electron chi connectivity index (χ2n) is 6.13. The van der Waals surface area contributed by atoms with Crippen LogP contribution in [0.25, 0.3) is 0 Å². The number of aliphatic hydroxyl groups is 2. The molecule has 0 aromatic carbocycles. The molecule has 2 fully saturated rings. The molecule has 0 unspecified atom stereocenters. The molecule has 2 saturated carbocycles. The first-order valence-corrected chi connectivity index (χ1v) is 7.87. The van der Waals surface area contributed by atoms with Crippen molar-refractivity contribution in [1.82, 2.24) is 0 Å². The van der Waals surface area contributed by atoms with Crippen LogP contribution in [-0.2, 0) is 0 Å². The maximum Gasteiger partial charge on any atom is 0.0459 e. The molecular formula is C18H28O2. The number of rotatable bonds is 2. The highest BCUT2D eigenvalue weighted by molar-refractivity contribution is 4.95. The first kappa shape index (κ1) is 17.1. The molecule has 0 aliphatic heterocycles. The van der Waals surface area contributed by atoms with Crippen molar-refractivity contribution in [2.45, 2.75) is 51.4 Å². The van der Waals surface area contributed by atoms with E-state index in [2.05, 4.69) is 11.8 Å². The summed E-state index contributed by atoms with van der Waals surface area (Å²) >= 11 is 0. The van der Waals surface area contributed by atoms with Gasteiger partial charge in [-0.1, -0.05) is 0 Å². The van der Waals surface area contributed by atoms with Gasteiger partial charge in [0.1, 0.15) is 0 Å². The lowest BCUT2D eigenvalue weighted by Gasteiger charge is -2.23. The highest BCUT2D eigenvalue weighted by atomic mass is 16.3. The molecule has 2 aliphatic rings. The van der Waals surface area contributed by atoms with Crippen LogP contribution in [0.5, 0.6) is 0 Å². The molecule has 0 spiro atoms. The average molecular weight is 276 g/mol. The van der Waals surface area contributed by atoms with Gasteiger partial charge in [-0.3, -0.25) is 0 Å². The topological polar surface area (TPSA) is 40.5 Å². The lowest BCUT2D eigenvalue weighted by Crippen LogP contribution is -2.15. The van der Waals surface area contributed by atoms with E-state index >= 15 is 0 Å². The molecule has 112 valence electrons.